The van der Waals surface area contributed by atoms with Crippen LogP contribution in [0.5, 0.6) is 11.6 Å². The summed E-state index contributed by atoms with van der Waals surface area (Å²) in [5.41, 5.74) is 7.23. The van der Waals surface area contributed by atoms with Gasteiger partial charge in [0.05, 0.1) is 62.1 Å². The summed E-state index contributed by atoms with van der Waals surface area (Å²) >= 11 is 27.3. The number of carbonyl (C=O) groups is 6. The number of thiocarbonyl (C=S) groups is 1. The predicted octanol–water partition coefficient (Wildman–Crippen LogP) is 23.3. The van der Waals surface area contributed by atoms with E-state index < -0.39 is 61.6 Å². The van der Waals surface area contributed by atoms with Crippen molar-refractivity contribution in [1.82, 2.24) is 60.3 Å². The fourth-order valence-electron chi connectivity index (χ4n) is 13.3. The molecule has 0 bridgehead atoms. The Kier molecular flexibility index (Phi) is 41.2. The van der Waals surface area contributed by atoms with Crippen LogP contribution in [0.4, 0.5) is 36.8 Å². The van der Waals surface area contributed by atoms with E-state index in [-0.39, 0.29) is 62.4 Å². The van der Waals surface area contributed by atoms with Gasteiger partial charge in [-0.05, 0) is 254 Å². The number of thioether (sulfide) groups is 2. The highest BCUT2D eigenvalue weighted by Gasteiger charge is 2.35. The fourth-order valence-corrected chi connectivity index (χ4v) is 17.7. The number of alkyl halides is 6. The van der Waals surface area contributed by atoms with Crippen LogP contribution in [-0.2, 0) is 76.7 Å². The number of sulfone groups is 1. The first-order valence-corrected chi connectivity index (χ1v) is 48.4. The smallest absolute Gasteiger partial charge is 0.416 e. The van der Waals surface area contributed by atoms with E-state index in [1.807, 2.05) is 144 Å². The summed E-state index contributed by atoms with van der Waals surface area (Å²) in [6, 6.07) is 58.3. The number of allylic oxidation sites excluding steroid dienone is 3. The lowest BCUT2D eigenvalue weighted by molar-refractivity contribution is -0.141. The highest BCUT2D eigenvalue weighted by molar-refractivity contribution is 9.10. The number of ketones is 1. The number of nitrogens with zero attached hydrogens (tertiary/aromatic N) is 8. The summed E-state index contributed by atoms with van der Waals surface area (Å²) in [5.74, 6) is 1.56. The fraction of sp³-hybridized carbons (Fsp3) is 0.190. The highest BCUT2D eigenvalue weighted by atomic mass is 79.9. The number of pyridine rings is 1. The number of H-pyrrole nitrogens is 1. The molecule has 0 saturated carbocycles. The molecule has 13 aromatic rings. The van der Waals surface area contributed by atoms with Crippen LogP contribution >= 0.6 is 87.1 Å². The number of carbonyl (C=O) groups excluding carboxylic acids is 6. The summed E-state index contributed by atoms with van der Waals surface area (Å²) in [6.45, 7) is 12.3. The summed E-state index contributed by atoms with van der Waals surface area (Å²) < 4.78 is 134. The summed E-state index contributed by atoms with van der Waals surface area (Å²) in [4.78, 5) is 80.1. The normalized spacial score (nSPS) is 13.0. The number of hydrogen-bond donors (Lipinski definition) is 5. The average molecular weight is 2110 g/mol. The average Bonchev–Trinajstić information content (AvgIpc) is 1.65. The number of esters is 1. The topological polar surface area (TPSA) is 336 Å². The van der Waals surface area contributed by atoms with Gasteiger partial charge in [-0.25, -0.2) is 23.2 Å². The third-order valence-electron chi connectivity index (χ3n) is 20.1. The summed E-state index contributed by atoms with van der Waals surface area (Å²) in [5, 5.41) is 26.3. The number of halogens is 9. The maximum absolute atomic E-state index is 13.0. The molecule has 6 aromatic heterocycles. The second kappa shape index (κ2) is 53.1. The number of aryl methyl sites for hydroxylation is 1. The molecule has 1 saturated heterocycles. The molecule has 7 heterocycles. The second-order valence-electron chi connectivity index (χ2n) is 30.1. The van der Waals surface area contributed by atoms with Crippen LogP contribution in [0, 0.1) is 11.7 Å². The zero-order valence-corrected chi connectivity index (χ0v) is 82.9. The number of hydrogen-bond acceptors (Lipinski definition) is 24. The van der Waals surface area contributed by atoms with Crippen LogP contribution in [0.2, 0.25) is 10.0 Å². The van der Waals surface area contributed by atoms with Gasteiger partial charge >= 0.3 is 18.3 Å². The van der Waals surface area contributed by atoms with Crippen LogP contribution in [0.1, 0.15) is 107 Å². The van der Waals surface area contributed by atoms with E-state index in [2.05, 4.69) is 107 Å². The van der Waals surface area contributed by atoms with E-state index in [1.165, 1.54) is 96.6 Å². The van der Waals surface area contributed by atoms with E-state index in [0.29, 0.717) is 103 Å². The van der Waals surface area contributed by atoms with Crippen molar-refractivity contribution < 1.29 is 86.3 Å². The Morgan fingerprint density at radius 1 is 0.800 bits per heavy atom. The molecule has 2 atom stereocenters. The Labute approximate surface area is 840 Å². The molecule has 15 rings (SSSR count). The number of imide groups is 1. The maximum Gasteiger partial charge on any atom is 0.416 e. The lowest BCUT2D eigenvalue weighted by Crippen LogP contribution is -2.29. The molecule has 0 radical (unpaired) electrons. The van der Waals surface area contributed by atoms with Gasteiger partial charge in [0.25, 0.3) is 16.4 Å². The first-order valence-electron chi connectivity index (χ1n) is 42.6. The predicted molar refractivity (Wildman–Crippen MR) is 539 cm³/mol. The Morgan fingerprint density at radius 2 is 1.54 bits per heavy atom. The van der Waals surface area contributed by atoms with Crippen molar-refractivity contribution in [3.05, 3.63) is 372 Å². The molecule has 5 N–H and O–H groups in total. The molecule has 1 aliphatic heterocycles. The first-order chi connectivity index (χ1) is 67.0. The van der Waals surface area contributed by atoms with E-state index >= 15 is 0 Å². The van der Waals surface area contributed by atoms with Gasteiger partial charge < -0.3 is 43.2 Å². The van der Waals surface area contributed by atoms with Crippen molar-refractivity contribution in [2.24, 2.45) is 0 Å². The molecule has 2 unspecified atom stereocenters. The largest absolute Gasteiger partial charge is 0.465 e. The monoisotopic (exact) mass is 2110 g/mol. The molecule has 140 heavy (non-hydrogen) atoms. The van der Waals surface area contributed by atoms with Crippen molar-refractivity contribution in [2.75, 3.05) is 38.3 Å². The molecule has 1 aliphatic carbocycles. The highest BCUT2D eigenvalue weighted by Crippen LogP contribution is 2.36. The molecule has 4 amide bonds. The number of imidazole rings is 1. The van der Waals surface area contributed by atoms with Crippen LogP contribution in [0.15, 0.2) is 313 Å². The van der Waals surface area contributed by atoms with Crippen molar-refractivity contribution in [2.45, 2.75) is 100 Å². The number of furan rings is 2. The molecule has 0 spiro atoms. The van der Waals surface area contributed by atoms with Crippen LogP contribution in [0.25, 0.3) is 35.2 Å². The minimum atomic E-state index is -4.46. The van der Waals surface area contributed by atoms with Gasteiger partial charge in [0.1, 0.15) is 17.3 Å². The molecule has 7 aromatic carbocycles. The van der Waals surface area contributed by atoms with Crippen molar-refractivity contribution in [1.29, 1.82) is 0 Å². The van der Waals surface area contributed by atoms with Crippen LogP contribution < -0.4 is 26.0 Å². The van der Waals surface area contributed by atoms with Gasteiger partial charge in [-0.3, -0.25) is 43.9 Å². The Balaban J connectivity index is 0.000000174. The third kappa shape index (κ3) is 33.4. The Morgan fingerprint density at radius 3 is 2.18 bits per heavy atom. The number of rotatable bonds is 31. The van der Waals surface area contributed by atoms with Crippen LogP contribution in [-0.4, -0.2) is 131 Å². The van der Waals surface area contributed by atoms with E-state index in [4.69, 9.17) is 70.4 Å². The third-order valence-corrected chi connectivity index (χ3v) is 25.5. The number of nitrogens with one attached hydrogen (secondary N) is 5. The van der Waals surface area contributed by atoms with Crippen molar-refractivity contribution >= 4 is 166 Å². The number of amides is 4. The second-order valence-corrected chi connectivity index (χ2v) is 36.7. The molecule has 728 valence electrons. The van der Waals surface area contributed by atoms with Gasteiger partial charge in [-0.15, -0.1) is 10.2 Å². The van der Waals surface area contributed by atoms with Crippen molar-refractivity contribution in [3.63, 3.8) is 0 Å². The number of fused-ring (bicyclic) bond motifs is 1. The molecule has 26 nitrogen and oxygen atoms in total. The van der Waals surface area contributed by atoms with Gasteiger partial charge in [-0.2, -0.15) is 31.4 Å². The number of aromatic nitrogens is 8. The number of Topliss-reactive ketones (excluding diaryl/α,β-unsaturated/α-hetero) is 1. The molecule has 1 fully saturated rings. The lowest BCUT2D eigenvalue weighted by atomic mass is 10.0. The van der Waals surface area contributed by atoms with E-state index in [0.717, 1.165) is 70.6 Å². The molecular weight excluding hydrogens is 2020 g/mol. The maximum atomic E-state index is 13.0. The van der Waals surface area contributed by atoms with Crippen molar-refractivity contribution in [3.8, 4) is 23.0 Å². The zero-order valence-electron chi connectivity index (χ0n) is 75.7. The standard InChI is InChI=1S/C22H23N3O3S.C18H13BrO4.C17H22Cl2N4O2S.C16H12F3NO2S.C16H16N4S.C11H6F3NO2S/c1-4-17(5-2)21(6-3)29(26,27)20-11-12-22(24-15-20)28-19-9-7-18(8-10-19)25-14-13-23-16-25;19-17-9-6-13(23-17)7-10-18(21)22-11-16(20)15-8-5-12-3-1-2-4-14(12)15;1-4-14(23(2)3)16-21-22-17(25-16)26-10-15(24)20-8-7-11-5-6-12(18)9-13(11)19;17-16(18,19)13-6-2-1-4-11(13)10-15(23)20-14(21)8-7-12-5-3-9-22-12;1-12-7-9-13(10-8-12)17-11-15-18-19-16(21)20(15)14-5-3-2-4-6-14;12-11(13,14)7-3-1-2-6(4-7)5-8-9(16)15-10(17)18-8/h4-5,7-16,21H,1,6H2,2-3H3;1-4,6-10H,5,11H2;5-6,9,14H,4,7-8,10H2,1-3H3,(H,20,24);1-9H,10H2,(H,20,21,23);2-10,17H,11H2,1H3,(H,19,21);1-5H,(H,15,16,17)/b17-5+;10-7+;;8-7+;;8-5+. The zero-order chi connectivity index (χ0) is 101. The number of aromatic amines is 1. The minimum Gasteiger partial charge on any atom is -0.465 e. The Bertz CT molecular complexity index is 6780. The van der Waals surface area contributed by atoms with Crippen LogP contribution in [0.3, 0.4) is 0 Å². The SMILES string of the molecule is C=C/C(=C\C)C(CC)S(=O)(=O)c1ccc(Oc2ccc(-n3ccnc3)cc2)nc1.CCC(c1nnc(SCC(=O)NCCc2ccc(Cl)cc2Cl)o1)N(C)C.Cc1ccc(NCc2n[nH]c(=S)n2-c2ccccc2)cc1.O=C(/C=C/c1ccc(Br)o1)OCC(=O)C1=CCc2ccccc21.O=C(/C=C/c1ccco1)NC(=S)Cc1ccccc1C(F)(F)F.O=C1NC(=O)/C(=C\c2cccc(C(F)(F)F)c2)S1. The quantitative estimate of drug-likeness (QED) is 0.00673. The van der Waals surface area contributed by atoms with Gasteiger partial charge in [0, 0.05) is 82.5 Å². The first kappa shape index (κ1) is 109. The van der Waals surface area contributed by atoms with Gasteiger partial charge in [0.15, 0.2) is 31.7 Å². The number of anilines is 1. The summed E-state index contributed by atoms with van der Waals surface area (Å²) in [7, 11) is 0.367. The van der Waals surface area contributed by atoms with Gasteiger partial charge in [-0.1, -0.05) is 182 Å². The Hall–Kier alpha value is -13.4. The van der Waals surface area contributed by atoms with Gasteiger partial charge in [0.2, 0.25) is 29.4 Å². The molecular formula is C100H92BrCl2F6N13O13S5. The summed E-state index contributed by atoms with van der Waals surface area (Å²) in [6.07, 6.45) is 13.5. The molecule has 40 heteroatoms. The minimum absolute atomic E-state index is 0.01000. The number of benzene rings is 7. The number of ether oxygens (including phenoxy) is 2. The number of para-hydroxylation sites is 1. The van der Waals surface area contributed by atoms with E-state index in [9.17, 15) is 63.5 Å². The lowest BCUT2D eigenvalue weighted by Gasteiger charge is -2.18. The molecule has 2 aliphatic rings. The van der Waals surface area contributed by atoms with E-state index in [1.54, 1.807) is 67.1 Å².